The zero-order valence-corrected chi connectivity index (χ0v) is 12.3. The fourth-order valence-corrected chi connectivity index (χ4v) is 2.47. The monoisotopic (exact) mass is 315 g/mol. The van der Waals surface area contributed by atoms with Gasteiger partial charge in [0.05, 0.1) is 5.69 Å². The normalized spacial score (nSPS) is 10.7. The average Bonchev–Trinajstić information content (AvgIpc) is 2.54. The number of halogens is 3. The Balaban J connectivity index is 2.22. The number of alkyl halides is 1. The summed E-state index contributed by atoms with van der Waals surface area (Å²) < 4.78 is 27.0. The molecule has 0 bridgehead atoms. The minimum absolute atomic E-state index is 0.304. The van der Waals surface area contributed by atoms with Gasteiger partial charge in [-0.1, -0.05) is 24.3 Å². The molecule has 3 aromatic rings. The van der Waals surface area contributed by atoms with E-state index in [0.717, 1.165) is 11.1 Å². The van der Waals surface area contributed by atoms with Crippen LogP contribution < -0.4 is 0 Å². The van der Waals surface area contributed by atoms with Crippen molar-refractivity contribution in [2.45, 2.75) is 5.88 Å². The van der Waals surface area contributed by atoms with Crippen LogP contribution in [0.4, 0.5) is 8.78 Å². The predicted octanol–water partition coefficient (Wildman–Crippen LogP) is 5.43. The third-order valence-corrected chi connectivity index (χ3v) is 3.64. The SMILES string of the molecule is Fc1cccc(-c2cc(CCl)cnc2-c2cccc(F)c2)c1. The second-order valence-corrected chi connectivity index (χ2v) is 5.16. The van der Waals surface area contributed by atoms with Gasteiger partial charge in [0, 0.05) is 23.2 Å². The Morgan fingerprint density at radius 2 is 1.50 bits per heavy atom. The molecule has 4 heteroatoms. The highest BCUT2D eigenvalue weighted by molar-refractivity contribution is 6.17. The molecule has 1 aromatic heterocycles. The van der Waals surface area contributed by atoms with E-state index >= 15 is 0 Å². The van der Waals surface area contributed by atoms with Crippen LogP contribution in [0.2, 0.25) is 0 Å². The van der Waals surface area contributed by atoms with Crippen molar-refractivity contribution in [2.75, 3.05) is 0 Å². The van der Waals surface area contributed by atoms with E-state index in [1.165, 1.54) is 24.3 Å². The van der Waals surface area contributed by atoms with E-state index < -0.39 is 0 Å². The number of pyridine rings is 1. The Hall–Kier alpha value is -2.26. The molecular formula is C18H12ClF2N. The van der Waals surface area contributed by atoms with E-state index in [0.29, 0.717) is 22.7 Å². The van der Waals surface area contributed by atoms with Gasteiger partial charge in [-0.3, -0.25) is 4.98 Å². The maximum absolute atomic E-state index is 13.5. The van der Waals surface area contributed by atoms with Gasteiger partial charge in [0.2, 0.25) is 0 Å². The maximum atomic E-state index is 13.5. The molecule has 22 heavy (non-hydrogen) atoms. The fraction of sp³-hybridized carbons (Fsp3) is 0.0556. The van der Waals surface area contributed by atoms with Crippen molar-refractivity contribution in [3.05, 3.63) is 78.0 Å². The van der Waals surface area contributed by atoms with Crippen LogP contribution in [0.25, 0.3) is 22.4 Å². The molecular weight excluding hydrogens is 304 g/mol. The quantitative estimate of drug-likeness (QED) is 0.587. The largest absolute Gasteiger partial charge is 0.255 e. The van der Waals surface area contributed by atoms with Crippen molar-refractivity contribution in [1.82, 2.24) is 4.98 Å². The molecule has 3 rings (SSSR count). The molecule has 0 unspecified atom stereocenters. The van der Waals surface area contributed by atoms with E-state index in [2.05, 4.69) is 4.98 Å². The standard InChI is InChI=1S/C18H12ClF2N/c19-10-12-7-17(13-3-1-5-15(20)8-13)18(22-11-12)14-4-2-6-16(21)9-14/h1-9,11H,10H2. The molecule has 0 N–H and O–H groups in total. The van der Waals surface area contributed by atoms with Gasteiger partial charge in [-0.2, -0.15) is 0 Å². The van der Waals surface area contributed by atoms with Gasteiger partial charge in [0.25, 0.3) is 0 Å². The van der Waals surface area contributed by atoms with E-state index in [4.69, 9.17) is 11.6 Å². The highest BCUT2D eigenvalue weighted by Gasteiger charge is 2.11. The van der Waals surface area contributed by atoms with Crippen molar-refractivity contribution in [3.8, 4) is 22.4 Å². The second-order valence-electron chi connectivity index (χ2n) is 4.89. The van der Waals surface area contributed by atoms with Crippen LogP contribution in [0.5, 0.6) is 0 Å². The third-order valence-electron chi connectivity index (χ3n) is 3.33. The van der Waals surface area contributed by atoms with Gasteiger partial charge in [-0.15, -0.1) is 11.6 Å². The molecule has 0 radical (unpaired) electrons. The Bertz CT molecular complexity index is 818. The number of rotatable bonds is 3. The predicted molar refractivity (Wildman–Crippen MR) is 84.6 cm³/mol. The van der Waals surface area contributed by atoms with E-state index in [1.807, 2.05) is 6.07 Å². The van der Waals surface area contributed by atoms with Gasteiger partial charge in [0.15, 0.2) is 0 Å². The molecule has 0 atom stereocenters. The van der Waals surface area contributed by atoms with Gasteiger partial charge >= 0.3 is 0 Å². The molecule has 2 aromatic carbocycles. The van der Waals surface area contributed by atoms with Gasteiger partial charge in [-0.05, 0) is 41.5 Å². The lowest BCUT2D eigenvalue weighted by Crippen LogP contribution is -1.93. The lowest BCUT2D eigenvalue weighted by molar-refractivity contribution is 0.627. The third kappa shape index (κ3) is 3.00. The van der Waals surface area contributed by atoms with Crippen molar-refractivity contribution >= 4 is 11.6 Å². The van der Waals surface area contributed by atoms with Gasteiger partial charge in [0.1, 0.15) is 11.6 Å². The van der Waals surface area contributed by atoms with Crippen LogP contribution in [-0.4, -0.2) is 4.98 Å². The van der Waals surface area contributed by atoms with Crippen LogP contribution in [0.15, 0.2) is 60.8 Å². The number of aromatic nitrogens is 1. The molecule has 0 spiro atoms. The Morgan fingerprint density at radius 1 is 0.864 bits per heavy atom. The van der Waals surface area contributed by atoms with Gasteiger partial charge in [-0.25, -0.2) is 8.78 Å². The van der Waals surface area contributed by atoms with Crippen LogP contribution in [-0.2, 0) is 5.88 Å². The topological polar surface area (TPSA) is 12.9 Å². The Kier molecular flexibility index (Phi) is 4.16. The van der Waals surface area contributed by atoms with Crippen LogP contribution in [0.3, 0.4) is 0 Å². The van der Waals surface area contributed by atoms with Crippen molar-refractivity contribution in [2.24, 2.45) is 0 Å². The minimum Gasteiger partial charge on any atom is -0.255 e. The minimum atomic E-state index is -0.342. The Labute approximate surface area is 132 Å². The van der Waals surface area contributed by atoms with Gasteiger partial charge < -0.3 is 0 Å². The fourth-order valence-electron chi connectivity index (χ4n) is 2.32. The summed E-state index contributed by atoms with van der Waals surface area (Å²) >= 11 is 5.87. The summed E-state index contributed by atoms with van der Waals surface area (Å²) in [6.45, 7) is 0. The lowest BCUT2D eigenvalue weighted by atomic mass is 9.98. The number of hydrogen-bond acceptors (Lipinski definition) is 1. The summed E-state index contributed by atoms with van der Waals surface area (Å²) in [6.07, 6.45) is 1.65. The molecule has 0 saturated carbocycles. The molecule has 0 fully saturated rings. The van der Waals surface area contributed by atoms with Crippen molar-refractivity contribution in [3.63, 3.8) is 0 Å². The molecule has 0 amide bonds. The molecule has 1 nitrogen and oxygen atoms in total. The second kappa shape index (κ2) is 6.24. The summed E-state index contributed by atoms with van der Waals surface area (Å²) in [7, 11) is 0. The zero-order chi connectivity index (χ0) is 15.5. The molecule has 0 saturated heterocycles. The first-order valence-electron chi connectivity index (χ1n) is 6.74. The molecule has 0 aliphatic heterocycles. The summed E-state index contributed by atoms with van der Waals surface area (Å²) in [4.78, 5) is 4.39. The van der Waals surface area contributed by atoms with E-state index in [1.54, 1.807) is 30.5 Å². The molecule has 110 valence electrons. The van der Waals surface area contributed by atoms with Crippen LogP contribution >= 0.6 is 11.6 Å². The first-order valence-corrected chi connectivity index (χ1v) is 7.27. The summed E-state index contributed by atoms with van der Waals surface area (Å²) in [5.74, 6) is -0.372. The molecule has 0 aliphatic rings. The first-order chi connectivity index (χ1) is 10.7. The number of benzene rings is 2. The van der Waals surface area contributed by atoms with Crippen molar-refractivity contribution < 1.29 is 8.78 Å². The summed E-state index contributed by atoms with van der Waals surface area (Å²) in [5.41, 5.74) is 3.46. The smallest absolute Gasteiger partial charge is 0.123 e. The summed E-state index contributed by atoms with van der Waals surface area (Å²) in [6, 6.07) is 14.3. The highest BCUT2D eigenvalue weighted by atomic mass is 35.5. The first kappa shape index (κ1) is 14.7. The summed E-state index contributed by atoms with van der Waals surface area (Å²) in [5, 5.41) is 0. The number of hydrogen-bond donors (Lipinski definition) is 0. The highest BCUT2D eigenvalue weighted by Crippen LogP contribution is 2.32. The molecule has 0 aliphatic carbocycles. The molecule has 1 heterocycles. The van der Waals surface area contributed by atoms with E-state index in [-0.39, 0.29) is 11.6 Å². The lowest BCUT2D eigenvalue weighted by Gasteiger charge is -2.11. The maximum Gasteiger partial charge on any atom is 0.123 e. The zero-order valence-electron chi connectivity index (χ0n) is 11.6. The van der Waals surface area contributed by atoms with E-state index in [9.17, 15) is 8.78 Å². The van der Waals surface area contributed by atoms with Crippen molar-refractivity contribution in [1.29, 1.82) is 0 Å². The average molecular weight is 316 g/mol. The number of nitrogens with zero attached hydrogens (tertiary/aromatic N) is 1. The van der Waals surface area contributed by atoms with Crippen LogP contribution in [0.1, 0.15) is 5.56 Å². The van der Waals surface area contributed by atoms with Crippen LogP contribution in [0, 0.1) is 11.6 Å². The Morgan fingerprint density at radius 3 is 2.14 bits per heavy atom.